The smallest absolute Gasteiger partial charge is 0.550 e. The number of halogens is 1. The molecule has 2 aromatic rings. The number of nitrogens with one attached hydrogen (secondary N) is 1. The van der Waals surface area contributed by atoms with Crippen LogP contribution in [-0.4, -0.2) is 20.9 Å². The zero-order valence-electron chi connectivity index (χ0n) is 15.8. The fourth-order valence-electron chi connectivity index (χ4n) is 3.42. The summed E-state index contributed by atoms with van der Waals surface area (Å²) in [5.74, 6) is -0.815. The summed E-state index contributed by atoms with van der Waals surface area (Å²) in [6.45, 7) is 0.375. The molecule has 28 heavy (non-hydrogen) atoms. The van der Waals surface area contributed by atoms with E-state index in [0.29, 0.717) is 24.4 Å². The molecule has 0 saturated carbocycles. The number of rotatable bonds is 8. The van der Waals surface area contributed by atoms with Crippen LogP contribution in [0.15, 0.2) is 47.4 Å². The Morgan fingerprint density at radius 2 is 1.79 bits per heavy atom. The number of sulfonamides is 1. The van der Waals surface area contributed by atoms with Gasteiger partial charge in [-0.15, -0.1) is 0 Å². The summed E-state index contributed by atoms with van der Waals surface area (Å²) in [4.78, 5) is 10.7. The minimum atomic E-state index is -3.55. The molecular weight excluding hydrogens is 409 g/mol. The molecule has 0 amide bonds. The molecule has 3 rings (SSSR count). The second-order valence-electron chi connectivity index (χ2n) is 6.91. The zero-order chi connectivity index (χ0) is 19.4. The Morgan fingerprint density at radius 3 is 2.46 bits per heavy atom. The largest absolute Gasteiger partial charge is 1.00 e. The van der Waals surface area contributed by atoms with Crippen LogP contribution < -0.4 is 39.4 Å². The molecule has 8 heteroatoms. The topological polar surface area (TPSA) is 86.3 Å². The maximum atomic E-state index is 12.4. The predicted octanol–water partition coefficient (Wildman–Crippen LogP) is -0.890. The van der Waals surface area contributed by atoms with Gasteiger partial charge in [-0.3, -0.25) is 0 Å². The van der Waals surface area contributed by atoms with Gasteiger partial charge in [-0.2, -0.15) is 0 Å². The number of carboxylic acid groups (broad SMARTS) is 1. The van der Waals surface area contributed by atoms with Crippen LogP contribution in [-0.2, 0) is 34.1 Å². The van der Waals surface area contributed by atoms with Crippen molar-refractivity contribution < 1.29 is 47.9 Å². The molecule has 0 aromatic heterocycles. The molecule has 0 saturated heterocycles. The SMILES string of the molecule is O=C([O-])CCCc1ccc2c(c1)CC(CNS(=O)(=O)c1ccc(Cl)cc1)C2.[Na+]. The van der Waals surface area contributed by atoms with Gasteiger partial charge in [-0.05, 0) is 79.0 Å². The van der Waals surface area contributed by atoms with Crippen LogP contribution in [0.1, 0.15) is 29.5 Å². The number of carbonyl (C=O) groups is 1. The molecule has 1 N–H and O–H groups in total. The van der Waals surface area contributed by atoms with Crippen molar-refractivity contribution in [2.24, 2.45) is 5.92 Å². The first-order valence-corrected chi connectivity index (χ1v) is 10.8. The van der Waals surface area contributed by atoms with E-state index in [2.05, 4.69) is 16.9 Å². The van der Waals surface area contributed by atoms with Crippen molar-refractivity contribution in [1.82, 2.24) is 4.72 Å². The van der Waals surface area contributed by atoms with Gasteiger partial charge in [0.1, 0.15) is 0 Å². The Kier molecular flexibility index (Phi) is 8.55. The van der Waals surface area contributed by atoms with Gasteiger partial charge >= 0.3 is 29.6 Å². The fraction of sp³-hybridized carbons (Fsp3) is 0.350. The Bertz CT molecular complexity index is 932. The van der Waals surface area contributed by atoms with Crippen LogP contribution in [0.3, 0.4) is 0 Å². The quantitative estimate of drug-likeness (QED) is 0.552. The van der Waals surface area contributed by atoms with Gasteiger partial charge < -0.3 is 9.90 Å². The van der Waals surface area contributed by atoms with E-state index in [0.717, 1.165) is 18.4 Å². The number of carbonyl (C=O) groups excluding carboxylic acids is 1. The first-order valence-electron chi connectivity index (χ1n) is 8.89. The normalized spacial score (nSPS) is 15.7. The van der Waals surface area contributed by atoms with Crippen molar-refractivity contribution in [3.8, 4) is 0 Å². The molecule has 144 valence electrons. The Labute approximate surface area is 192 Å². The maximum Gasteiger partial charge on any atom is 1.00 e. The third-order valence-corrected chi connectivity index (χ3v) is 6.51. The van der Waals surface area contributed by atoms with E-state index in [1.807, 2.05) is 6.07 Å². The van der Waals surface area contributed by atoms with Crippen LogP contribution in [0.4, 0.5) is 0 Å². The second-order valence-corrected chi connectivity index (χ2v) is 9.11. The summed E-state index contributed by atoms with van der Waals surface area (Å²) in [5.41, 5.74) is 3.56. The van der Waals surface area contributed by atoms with Crippen LogP contribution in [0.25, 0.3) is 0 Å². The number of fused-ring (bicyclic) bond motifs is 1. The number of aliphatic carboxylic acids is 1. The van der Waals surface area contributed by atoms with Gasteiger partial charge in [0.25, 0.3) is 0 Å². The van der Waals surface area contributed by atoms with Gasteiger partial charge in [-0.1, -0.05) is 29.8 Å². The summed E-state index contributed by atoms with van der Waals surface area (Å²) in [6.07, 6.45) is 2.97. The van der Waals surface area contributed by atoms with Crippen LogP contribution >= 0.6 is 11.6 Å². The Hall–Kier alpha value is -0.890. The number of carboxylic acids is 1. The van der Waals surface area contributed by atoms with Crippen LogP contribution in [0.5, 0.6) is 0 Å². The standard InChI is InChI=1S/C20H22ClNO4S.Na/c21-18-6-8-19(9-7-18)27(25,26)22-13-15-11-16-5-4-14(10-17(16)12-15)2-1-3-20(23)24;/h4-10,15,22H,1-3,11-13H2,(H,23,24);/q;+1/p-1. The summed E-state index contributed by atoms with van der Waals surface area (Å²) < 4.78 is 27.5. The molecule has 1 aliphatic rings. The molecule has 1 aliphatic carbocycles. The minimum absolute atomic E-state index is 0. The van der Waals surface area contributed by atoms with E-state index in [4.69, 9.17) is 11.6 Å². The first kappa shape index (κ1) is 23.4. The Balaban J connectivity index is 0.00000280. The number of aryl methyl sites for hydroxylation is 1. The van der Waals surface area contributed by atoms with E-state index < -0.39 is 16.0 Å². The van der Waals surface area contributed by atoms with Crippen molar-refractivity contribution >= 4 is 27.6 Å². The molecule has 2 aromatic carbocycles. The maximum absolute atomic E-state index is 12.4. The van der Waals surface area contributed by atoms with E-state index in [1.165, 1.54) is 23.3 Å². The van der Waals surface area contributed by atoms with Crippen LogP contribution in [0, 0.1) is 5.92 Å². The molecule has 0 radical (unpaired) electrons. The Morgan fingerprint density at radius 1 is 1.11 bits per heavy atom. The number of benzene rings is 2. The molecular formula is C20H21ClNNaO4S. The minimum Gasteiger partial charge on any atom is -0.550 e. The third kappa shape index (κ3) is 6.31. The number of hydrogen-bond acceptors (Lipinski definition) is 4. The van der Waals surface area contributed by atoms with Crippen molar-refractivity contribution in [1.29, 1.82) is 0 Å². The molecule has 0 heterocycles. The van der Waals surface area contributed by atoms with Crippen LogP contribution in [0.2, 0.25) is 5.02 Å². The summed E-state index contributed by atoms with van der Waals surface area (Å²) in [7, 11) is -3.55. The average molecular weight is 430 g/mol. The van der Waals surface area contributed by atoms with Crippen molar-refractivity contribution in [2.75, 3.05) is 6.54 Å². The van der Waals surface area contributed by atoms with E-state index in [-0.39, 0.29) is 46.8 Å². The zero-order valence-corrected chi connectivity index (χ0v) is 19.4. The molecule has 1 unspecified atom stereocenters. The van der Waals surface area contributed by atoms with Gasteiger partial charge in [0, 0.05) is 17.5 Å². The summed E-state index contributed by atoms with van der Waals surface area (Å²) in [6, 6.07) is 12.3. The van der Waals surface area contributed by atoms with Gasteiger partial charge in [0.2, 0.25) is 10.0 Å². The molecule has 0 spiro atoms. The molecule has 0 aliphatic heterocycles. The van der Waals surface area contributed by atoms with Crippen molar-refractivity contribution in [2.45, 2.75) is 37.0 Å². The average Bonchev–Trinajstić information content (AvgIpc) is 3.02. The fourth-order valence-corrected chi connectivity index (χ4v) is 4.67. The molecule has 1 atom stereocenters. The van der Waals surface area contributed by atoms with E-state index in [9.17, 15) is 18.3 Å². The monoisotopic (exact) mass is 429 g/mol. The number of hydrogen-bond donors (Lipinski definition) is 1. The third-order valence-electron chi connectivity index (χ3n) is 4.82. The molecule has 0 fully saturated rings. The second kappa shape index (κ2) is 10.2. The summed E-state index contributed by atoms with van der Waals surface area (Å²) >= 11 is 5.81. The van der Waals surface area contributed by atoms with Crippen molar-refractivity contribution in [3.63, 3.8) is 0 Å². The van der Waals surface area contributed by atoms with Gasteiger partial charge in [-0.25, -0.2) is 13.1 Å². The van der Waals surface area contributed by atoms with Gasteiger partial charge in [0.05, 0.1) is 4.90 Å². The van der Waals surface area contributed by atoms with E-state index >= 15 is 0 Å². The van der Waals surface area contributed by atoms with E-state index in [1.54, 1.807) is 12.1 Å². The molecule has 0 bridgehead atoms. The first-order chi connectivity index (χ1) is 12.8. The van der Waals surface area contributed by atoms with Gasteiger partial charge in [0.15, 0.2) is 0 Å². The molecule has 5 nitrogen and oxygen atoms in total. The predicted molar refractivity (Wildman–Crippen MR) is 102 cm³/mol. The van der Waals surface area contributed by atoms with Crippen molar-refractivity contribution in [3.05, 3.63) is 64.2 Å². The summed E-state index contributed by atoms with van der Waals surface area (Å²) in [5, 5.41) is 11.0.